The minimum Gasteiger partial charge on any atom is -0.346 e. The zero-order valence-electron chi connectivity index (χ0n) is 11.4. The number of aromatic amines is 1. The number of aromatic nitrogens is 2. The van der Waals surface area contributed by atoms with Crippen molar-refractivity contribution in [3.05, 3.63) is 17.2 Å². The second kappa shape index (κ2) is 8.29. The first-order valence-corrected chi connectivity index (χ1v) is 7.02. The van der Waals surface area contributed by atoms with Crippen molar-refractivity contribution in [3.63, 3.8) is 0 Å². The smallest absolute Gasteiger partial charge is 0.106 e. The van der Waals surface area contributed by atoms with Crippen molar-refractivity contribution in [2.24, 2.45) is 5.73 Å². The highest BCUT2D eigenvalue weighted by Gasteiger charge is 2.05. The molecule has 0 bridgehead atoms. The van der Waals surface area contributed by atoms with Crippen molar-refractivity contribution < 1.29 is 0 Å². The Hall–Kier alpha value is -0.830. The number of nitrogens with zero attached hydrogens (tertiary/aromatic N) is 1. The molecule has 0 atom stereocenters. The van der Waals surface area contributed by atoms with Gasteiger partial charge < -0.3 is 10.7 Å². The fourth-order valence-electron chi connectivity index (χ4n) is 2.09. The van der Waals surface area contributed by atoms with Gasteiger partial charge in [0.05, 0.1) is 5.69 Å². The third kappa shape index (κ3) is 5.35. The van der Waals surface area contributed by atoms with Crippen LogP contribution in [-0.4, -0.2) is 16.5 Å². The summed E-state index contributed by atoms with van der Waals surface area (Å²) in [7, 11) is 0. The van der Waals surface area contributed by atoms with Gasteiger partial charge in [-0.3, -0.25) is 0 Å². The number of unbranched alkanes of at least 4 members (excludes halogenated alkanes) is 4. The lowest BCUT2D eigenvalue weighted by Crippen LogP contribution is -2.01. The minimum atomic E-state index is 0.749. The van der Waals surface area contributed by atoms with Crippen LogP contribution in [0.5, 0.6) is 0 Å². The topological polar surface area (TPSA) is 54.7 Å². The highest BCUT2D eigenvalue weighted by atomic mass is 14.9. The third-order valence-electron chi connectivity index (χ3n) is 3.17. The summed E-state index contributed by atoms with van der Waals surface area (Å²) < 4.78 is 0. The summed E-state index contributed by atoms with van der Waals surface area (Å²) in [6.45, 7) is 5.11. The number of hydrogen-bond acceptors (Lipinski definition) is 2. The number of aryl methyl sites for hydroxylation is 3. The summed E-state index contributed by atoms with van der Waals surface area (Å²) >= 11 is 0. The van der Waals surface area contributed by atoms with E-state index < -0.39 is 0 Å². The molecule has 1 aromatic rings. The van der Waals surface area contributed by atoms with Gasteiger partial charge in [0.25, 0.3) is 0 Å². The van der Waals surface area contributed by atoms with Gasteiger partial charge in [0.15, 0.2) is 0 Å². The average Bonchev–Trinajstić information content (AvgIpc) is 2.67. The SMILES string of the molecule is CCCCCCCc1nc(CCCN)c(C)[nH]1. The van der Waals surface area contributed by atoms with Crippen LogP contribution in [0.25, 0.3) is 0 Å². The molecular formula is C14H27N3. The van der Waals surface area contributed by atoms with E-state index in [0.29, 0.717) is 0 Å². The number of rotatable bonds is 9. The molecule has 1 rings (SSSR count). The highest BCUT2D eigenvalue weighted by Crippen LogP contribution is 2.11. The summed E-state index contributed by atoms with van der Waals surface area (Å²) in [6.07, 6.45) is 9.73. The van der Waals surface area contributed by atoms with Crippen molar-refractivity contribution in [3.8, 4) is 0 Å². The summed E-state index contributed by atoms with van der Waals surface area (Å²) in [5.74, 6) is 1.16. The zero-order chi connectivity index (χ0) is 12.5. The van der Waals surface area contributed by atoms with Gasteiger partial charge >= 0.3 is 0 Å². The molecule has 0 aromatic carbocycles. The molecule has 0 unspecified atom stereocenters. The Bertz CT molecular complexity index is 304. The van der Waals surface area contributed by atoms with Crippen molar-refractivity contribution in [1.29, 1.82) is 0 Å². The Morgan fingerprint density at radius 1 is 1.06 bits per heavy atom. The summed E-state index contributed by atoms with van der Waals surface area (Å²) in [4.78, 5) is 8.05. The van der Waals surface area contributed by atoms with E-state index in [0.717, 1.165) is 31.6 Å². The van der Waals surface area contributed by atoms with Crippen molar-refractivity contribution in [1.82, 2.24) is 9.97 Å². The molecule has 0 aliphatic rings. The van der Waals surface area contributed by atoms with Crippen LogP contribution < -0.4 is 5.73 Å². The monoisotopic (exact) mass is 237 g/mol. The van der Waals surface area contributed by atoms with Crippen LogP contribution in [0.1, 0.15) is 62.7 Å². The van der Waals surface area contributed by atoms with Crippen LogP contribution in [0.2, 0.25) is 0 Å². The van der Waals surface area contributed by atoms with Crippen LogP contribution in [0.3, 0.4) is 0 Å². The maximum absolute atomic E-state index is 5.52. The van der Waals surface area contributed by atoms with Gasteiger partial charge in [0.1, 0.15) is 5.82 Å². The van der Waals surface area contributed by atoms with Crippen LogP contribution in [-0.2, 0) is 12.8 Å². The molecule has 17 heavy (non-hydrogen) atoms. The van der Waals surface area contributed by atoms with E-state index in [-0.39, 0.29) is 0 Å². The largest absolute Gasteiger partial charge is 0.346 e. The molecular weight excluding hydrogens is 210 g/mol. The van der Waals surface area contributed by atoms with Gasteiger partial charge in [0.2, 0.25) is 0 Å². The van der Waals surface area contributed by atoms with Crippen molar-refractivity contribution >= 4 is 0 Å². The second-order valence-corrected chi connectivity index (χ2v) is 4.81. The molecule has 1 heterocycles. The molecule has 0 spiro atoms. The van der Waals surface area contributed by atoms with E-state index in [4.69, 9.17) is 5.73 Å². The number of imidazole rings is 1. The van der Waals surface area contributed by atoms with Crippen LogP contribution in [0.4, 0.5) is 0 Å². The Labute approximate surface area is 105 Å². The first kappa shape index (κ1) is 14.2. The number of H-pyrrole nitrogens is 1. The quantitative estimate of drug-likeness (QED) is 0.648. The van der Waals surface area contributed by atoms with Gasteiger partial charge in [-0.05, 0) is 32.7 Å². The number of nitrogens with one attached hydrogen (secondary N) is 1. The fourth-order valence-corrected chi connectivity index (χ4v) is 2.09. The second-order valence-electron chi connectivity index (χ2n) is 4.81. The highest BCUT2D eigenvalue weighted by molar-refractivity contribution is 5.13. The molecule has 0 fully saturated rings. The third-order valence-corrected chi connectivity index (χ3v) is 3.17. The molecule has 0 amide bonds. The van der Waals surface area contributed by atoms with Crippen molar-refractivity contribution in [2.75, 3.05) is 6.54 Å². The van der Waals surface area contributed by atoms with E-state index in [9.17, 15) is 0 Å². The summed E-state index contributed by atoms with van der Waals surface area (Å²) in [6, 6.07) is 0. The number of nitrogens with two attached hydrogens (primary N) is 1. The molecule has 1 aromatic heterocycles. The molecule has 0 aliphatic heterocycles. The maximum atomic E-state index is 5.52. The van der Waals surface area contributed by atoms with E-state index >= 15 is 0 Å². The van der Waals surface area contributed by atoms with E-state index in [1.807, 2.05) is 0 Å². The fraction of sp³-hybridized carbons (Fsp3) is 0.786. The Kier molecular flexibility index (Phi) is 6.94. The standard InChI is InChI=1S/C14H27N3/c1-3-4-5-6-7-10-14-16-12(2)13(17-14)9-8-11-15/h3-11,15H2,1-2H3,(H,16,17). The lowest BCUT2D eigenvalue weighted by Gasteiger charge is -1.97. The maximum Gasteiger partial charge on any atom is 0.106 e. The van der Waals surface area contributed by atoms with Gasteiger partial charge in [-0.25, -0.2) is 4.98 Å². The molecule has 98 valence electrons. The molecule has 3 nitrogen and oxygen atoms in total. The molecule has 0 aliphatic carbocycles. The first-order chi connectivity index (χ1) is 8.27. The zero-order valence-corrected chi connectivity index (χ0v) is 11.4. The summed E-state index contributed by atoms with van der Waals surface area (Å²) in [5.41, 5.74) is 7.95. The first-order valence-electron chi connectivity index (χ1n) is 7.02. The molecule has 0 saturated heterocycles. The van der Waals surface area contributed by atoms with Gasteiger partial charge in [-0.15, -0.1) is 0 Å². The summed E-state index contributed by atoms with van der Waals surface area (Å²) in [5, 5.41) is 0. The lowest BCUT2D eigenvalue weighted by atomic mass is 10.1. The minimum absolute atomic E-state index is 0.749. The average molecular weight is 237 g/mol. The number of hydrogen-bond donors (Lipinski definition) is 2. The van der Waals surface area contributed by atoms with E-state index in [1.165, 1.54) is 43.5 Å². The Balaban J connectivity index is 2.28. The van der Waals surface area contributed by atoms with Crippen molar-refractivity contribution in [2.45, 2.75) is 65.2 Å². The normalized spacial score (nSPS) is 11.0. The molecule has 0 saturated carbocycles. The molecule has 3 heteroatoms. The van der Waals surface area contributed by atoms with E-state index in [2.05, 4.69) is 23.8 Å². The van der Waals surface area contributed by atoms with Crippen LogP contribution in [0, 0.1) is 6.92 Å². The Morgan fingerprint density at radius 2 is 1.82 bits per heavy atom. The van der Waals surface area contributed by atoms with Gasteiger partial charge in [-0.1, -0.05) is 32.6 Å². The van der Waals surface area contributed by atoms with Crippen LogP contribution in [0.15, 0.2) is 0 Å². The van der Waals surface area contributed by atoms with Gasteiger partial charge in [-0.2, -0.15) is 0 Å². The van der Waals surface area contributed by atoms with Crippen LogP contribution >= 0.6 is 0 Å². The molecule has 3 N–H and O–H groups in total. The molecule has 0 radical (unpaired) electrons. The van der Waals surface area contributed by atoms with Gasteiger partial charge in [0, 0.05) is 12.1 Å². The predicted molar refractivity (Wildman–Crippen MR) is 73.2 cm³/mol. The predicted octanol–water partition coefficient (Wildman–Crippen LogP) is 3.12. The lowest BCUT2D eigenvalue weighted by molar-refractivity contribution is 0.624. The van der Waals surface area contributed by atoms with E-state index in [1.54, 1.807) is 0 Å². The Morgan fingerprint density at radius 3 is 2.53 bits per heavy atom.